The second-order valence-electron chi connectivity index (χ2n) is 6.90. The van der Waals surface area contributed by atoms with Crippen LogP contribution in [-0.2, 0) is 11.2 Å². The van der Waals surface area contributed by atoms with Crippen molar-refractivity contribution in [2.24, 2.45) is 0 Å². The molecule has 0 spiro atoms. The first-order chi connectivity index (χ1) is 14.1. The molecule has 0 bridgehead atoms. The zero-order chi connectivity index (χ0) is 21.1. The lowest BCUT2D eigenvalue weighted by atomic mass is 10.1. The van der Waals surface area contributed by atoms with E-state index in [1.807, 2.05) is 48.5 Å². The van der Waals surface area contributed by atoms with E-state index in [1.165, 1.54) is 5.56 Å². The minimum atomic E-state index is -0.365. The molecule has 0 aliphatic carbocycles. The van der Waals surface area contributed by atoms with Crippen molar-refractivity contribution in [3.8, 4) is 5.75 Å². The minimum Gasteiger partial charge on any atom is -0.497 e. The van der Waals surface area contributed by atoms with E-state index >= 15 is 0 Å². The van der Waals surface area contributed by atoms with Crippen molar-refractivity contribution >= 4 is 17.5 Å². The Morgan fingerprint density at radius 1 is 0.966 bits per heavy atom. The fourth-order valence-electron chi connectivity index (χ4n) is 3.11. The van der Waals surface area contributed by atoms with Gasteiger partial charge in [-0.05, 0) is 61.2 Å². The molecule has 0 unspecified atom stereocenters. The molecule has 0 heterocycles. The highest BCUT2D eigenvalue weighted by atomic mass is 16.5. The van der Waals surface area contributed by atoms with Gasteiger partial charge in [-0.2, -0.15) is 0 Å². The van der Waals surface area contributed by atoms with Crippen LogP contribution in [0.3, 0.4) is 0 Å². The molecule has 6 heteroatoms. The first-order valence-corrected chi connectivity index (χ1v) is 10.1. The number of carbonyl (C=O) groups excluding carboxylic acids is 2. The summed E-state index contributed by atoms with van der Waals surface area (Å²) in [6, 6.07) is 15.2. The van der Waals surface area contributed by atoms with Crippen LogP contribution in [0.2, 0.25) is 0 Å². The molecule has 0 saturated heterocycles. The van der Waals surface area contributed by atoms with Crippen LogP contribution in [0.15, 0.2) is 48.5 Å². The Kier molecular flexibility index (Phi) is 9.18. The van der Waals surface area contributed by atoms with Gasteiger partial charge in [-0.25, -0.2) is 5.48 Å². The van der Waals surface area contributed by atoms with Crippen molar-refractivity contribution in [1.29, 1.82) is 0 Å². The number of methoxy groups -OCH3 is 1. The highest BCUT2D eigenvalue weighted by molar-refractivity contribution is 6.06. The number of unbranched alkanes of at least 4 members (excludes halogenated alkanes) is 3. The van der Waals surface area contributed by atoms with Crippen molar-refractivity contribution in [1.82, 2.24) is 5.48 Å². The van der Waals surface area contributed by atoms with Crippen molar-refractivity contribution in [2.45, 2.75) is 45.4 Å². The highest BCUT2D eigenvalue weighted by Crippen LogP contribution is 2.22. The van der Waals surface area contributed by atoms with Gasteiger partial charge in [-0.3, -0.25) is 14.8 Å². The number of hydrogen-bond acceptors (Lipinski definition) is 4. The van der Waals surface area contributed by atoms with E-state index in [9.17, 15) is 9.59 Å². The molecular weight excluding hydrogens is 368 g/mol. The molecule has 2 N–H and O–H groups in total. The van der Waals surface area contributed by atoms with Gasteiger partial charge in [0.1, 0.15) is 5.75 Å². The van der Waals surface area contributed by atoms with Crippen LogP contribution in [0.1, 0.15) is 54.9 Å². The average molecular weight is 399 g/mol. The maximum Gasteiger partial charge on any atom is 0.258 e. The number of nitrogens with zero attached hydrogens (tertiary/aromatic N) is 1. The number of ether oxygens (including phenoxy) is 1. The fraction of sp³-hybridized carbons (Fsp3) is 0.391. The first kappa shape index (κ1) is 22.4. The van der Waals surface area contributed by atoms with Gasteiger partial charge in [0.25, 0.3) is 5.91 Å². The normalized spacial score (nSPS) is 10.4. The van der Waals surface area contributed by atoms with E-state index in [-0.39, 0.29) is 11.8 Å². The Balaban J connectivity index is 2.04. The molecule has 0 fully saturated rings. The number of benzene rings is 2. The van der Waals surface area contributed by atoms with Crippen molar-refractivity contribution in [3.05, 3.63) is 59.7 Å². The van der Waals surface area contributed by atoms with Crippen molar-refractivity contribution in [2.75, 3.05) is 18.6 Å². The Morgan fingerprint density at radius 2 is 1.62 bits per heavy atom. The quantitative estimate of drug-likeness (QED) is 0.335. The molecule has 0 aliphatic rings. The van der Waals surface area contributed by atoms with Gasteiger partial charge in [-0.15, -0.1) is 0 Å². The van der Waals surface area contributed by atoms with Gasteiger partial charge >= 0.3 is 0 Å². The maximum absolute atomic E-state index is 13.2. The second-order valence-corrected chi connectivity index (χ2v) is 6.90. The molecule has 0 saturated carbocycles. The number of nitrogens with one attached hydrogen (secondary N) is 1. The first-order valence-electron chi connectivity index (χ1n) is 10.1. The Labute approximate surface area is 172 Å². The molecule has 2 aromatic rings. The maximum atomic E-state index is 13.2. The summed E-state index contributed by atoms with van der Waals surface area (Å²) in [5.41, 5.74) is 4.34. The molecule has 2 amide bonds. The van der Waals surface area contributed by atoms with Crippen LogP contribution in [0.4, 0.5) is 5.69 Å². The third kappa shape index (κ3) is 6.91. The summed E-state index contributed by atoms with van der Waals surface area (Å²) in [6.45, 7) is 2.68. The number of hydroxylamine groups is 1. The fourth-order valence-corrected chi connectivity index (χ4v) is 3.11. The van der Waals surface area contributed by atoms with E-state index in [0.29, 0.717) is 24.9 Å². The Morgan fingerprint density at radius 3 is 2.21 bits per heavy atom. The number of amides is 2. The summed E-state index contributed by atoms with van der Waals surface area (Å²) < 4.78 is 5.22. The van der Waals surface area contributed by atoms with Crippen molar-refractivity contribution in [3.63, 3.8) is 0 Å². The Bertz CT molecular complexity index is 772. The standard InChI is InChI=1S/C23H30N2O4/c1-3-18-9-11-19(12-10-18)23(27)25(20-13-15-21(29-2)16-14-20)17-7-5-4-6-8-22(26)24-28/h9-16,28H,3-8,17H2,1-2H3,(H,24,26). The van der Waals surface area contributed by atoms with Crippen LogP contribution in [0.5, 0.6) is 5.75 Å². The SMILES string of the molecule is CCc1ccc(C(=O)N(CCCCCCC(=O)NO)c2ccc(OC)cc2)cc1. The van der Waals surface area contributed by atoms with Gasteiger partial charge in [0.15, 0.2) is 0 Å². The molecule has 0 aliphatic heterocycles. The smallest absolute Gasteiger partial charge is 0.258 e. The van der Waals surface area contributed by atoms with E-state index in [1.54, 1.807) is 17.5 Å². The molecule has 29 heavy (non-hydrogen) atoms. The summed E-state index contributed by atoms with van der Waals surface area (Å²) in [6.07, 6.45) is 4.54. The zero-order valence-corrected chi connectivity index (χ0v) is 17.2. The van der Waals surface area contributed by atoms with Gasteiger partial charge in [-0.1, -0.05) is 31.9 Å². The summed E-state index contributed by atoms with van der Waals surface area (Å²) in [5, 5.41) is 8.52. The third-order valence-corrected chi connectivity index (χ3v) is 4.90. The molecule has 0 radical (unpaired) electrons. The number of hydrogen-bond donors (Lipinski definition) is 2. The van der Waals surface area contributed by atoms with Crippen LogP contribution in [-0.4, -0.2) is 30.7 Å². The highest BCUT2D eigenvalue weighted by Gasteiger charge is 2.17. The number of carbonyl (C=O) groups is 2. The lowest BCUT2D eigenvalue weighted by molar-refractivity contribution is -0.129. The van der Waals surface area contributed by atoms with Crippen LogP contribution >= 0.6 is 0 Å². The molecule has 2 aromatic carbocycles. The number of anilines is 1. The predicted molar refractivity (Wildman–Crippen MR) is 114 cm³/mol. The summed E-state index contributed by atoms with van der Waals surface area (Å²) in [7, 11) is 1.62. The summed E-state index contributed by atoms with van der Waals surface area (Å²) in [4.78, 5) is 26.0. The van der Waals surface area contributed by atoms with E-state index in [4.69, 9.17) is 9.94 Å². The number of rotatable bonds is 11. The Hall–Kier alpha value is -2.86. The van der Waals surface area contributed by atoms with Crippen LogP contribution in [0.25, 0.3) is 0 Å². The molecule has 2 rings (SSSR count). The third-order valence-electron chi connectivity index (χ3n) is 4.90. The van der Waals surface area contributed by atoms with Gasteiger partial charge in [0, 0.05) is 24.2 Å². The monoisotopic (exact) mass is 398 g/mol. The van der Waals surface area contributed by atoms with E-state index < -0.39 is 0 Å². The molecule has 156 valence electrons. The lowest BCUT2D eigenvalue weighted by Gasteiger charge is -2.23. The molecule has 6 nitrogen and oxygen atoms in total. The second kappa shape index (κ2) is 11.9. The zero-order valence-electron chi connectivity index (χ0n) is 17.2. The minimum absolute atomic E-state index is 0.0301. The largest absolute Gasteiger partial charge is 0.497 e. The van der Waals surface area contributed by atoms with Crippen LogP contribution in [0, 0.1) is 0 Å². The summed E-state index contributed by atoms with van der Waals surface area (Å²) >= 11 is 0. The predicted octanol–water partition coefficient (Wildman–Crippen LogP) is 4.36. The molecule has 0 atom stereocenters. The average Bonchev–Trinajstić information content (AvgIpc) is 2.78. The van der Waals surface area contributed by atoms with Gasteiger partial charge in [0.05, 0.1) is 7.11 Å². The summed E-state index contributed by atoms with van der Waals surface area (Å²) in [5.74, 6) is 0.351. The van der Waals surface area contributed by atoms with E-state index in [2.05, 4.69) is 6.92 Å². The van der Waals surface area contributed by atoms with Gasteiger partial charge < -0.3 is 9.64 Å². The van der Waals surface area contributed by atoms with Crippen molar-refractivity contribution < 1.29 is 19.5 Å². The van der Waals surface area contributed by atoms with E-state index in [0.717, 1.165) is 37.1 Å². The lowest BCUT2D eigenvalue weighted by Crippen LogP contribution is -2.32. The number of aryl methyl sites for hydroxylation is 1. The van der Waals surface area contributed by atoms with Crippen LogP contribution < -0.4 is 15.1 Å². The van der Waals surface area contributed by atoms with Gasteiger partial charge in [0.2, 0.25) is 5.91 Å². The topological polar surface area (TPSA) is 78.9 Å². The molecular formula is C23H30N2O4. The molecule has 0 aromatic heterocycles.